The third-order valence-electron chi connectivity index (χ3n) is 3.05. The number of hydrogen-bond donors (Lipinski definition) is 0. The molecule has 0 amide bonds. The van der Waals surface area contributed by atoms with Gasteiger partial charge in [0.15, 0.2) is 0 Å². The van der Waals surface area contributed by atoms with E-state index < -0.39 is 5.60 Å². The summed E-state index contributed by atoms with van der Waals surface area (Å²) in [5.74, 6) is -0.127. The lowest BCUT2D eigenvalue weighted by Gasteiger charge is -2.33. The van der Waals surface area contributed by atoms with Gasteiger partial charge >= 0.3 is 5.97 Å². The van der Waals surface area contributed by atoms with Crippen molar-refractivity contribution in [2.75, 3.05) is 6.54 Å². The minimum atomic E-state index is -0.395. The average Bonchev–Trinajstić information content (AvgIpc) is 2.21. The molecule has 102 valence electrons. The monoisotopic (exact) mass is 243 g/mol. The zero-order valence-electron chi connectivity index (χ0n) is 12.5. The van der Waals surface area contributed by atoms with Crippen molar-refractivity contribution >= 4 is 5.97 Å². The predicted octanol–water partition coefficient (Wildman–Crippen LogP) is 3.23. The van der Waals surface area contributed by atoms with E-state index in [9.17, 15) is 4.79 Å². The Kier molecular flexibility index (Phi) is 6.76. The number of carbonyl (C=O) groups is 1. The van der Waals surface area contributed by atoms with Crippen LogP contribution >= 0.6 is 0 Å². The second kappa shape index (κ2) is 7.00. The van der Waals surface area contributed by atoms with E-state index in [2.05, 4.69) is 32.6 Å². The van der Waals surface area contributed by atoms with Crippen molar-refractivity contribution in [1.29, 1.82) is 0 Å². The quantitative estimate of drug-likeness (QED) is 0.671. The highest BCUT2D eigenvalue weighted by Gasteiger charge is 2.24. The summed E-state index contributed by atoms with van der Waals surface area (Å²) in [7, 11) is 0. The topological polar surface area (TPSA) is 29.5 Å². The number of esters is 1. The Morgan fingerprint density at radius 3 is 1.82 bits per heavy atom. The maximum Gasteiger partial charge on any atom is 0.320 e. The van der Waals surface area contributed by atoms with Crippen molar-refractivity contribution in [2.24, 2.45) is 0 Å². The van der Waals surface area contributed by atoms with Gasteiger partial charge in [-0.15, -0.1) is 0 Å². The van der Waals surface area contributed by atoms with Gasteiger partial charge in [-0.3, -0.25) is 9.69 Å². The summed E-state index contributed by atoms with van der Waals surface area (Å²) in [6.07, 6.45) is 2.10. The molecule has 3 heteroatoms. The highest BCUT2D eigenvalue weighted by atomic mass is 16.6. The molecule has 0 aliphatic rings. The molecule has 0 saturated carbocycles. The first-order valence-corrected chi connectivity index (χ1v) is 6.68. The van der Waals surface area contributed by atoms with Crippen LogP contribution < -0.4 is 0 Å². The van der Waals surface area contributed by atoms with Crippen LogP contribution in [0.15, 0.2) is 0 Å². The van der Waals surface area contributed by atoms with Gasteiger partial charge in [-0.05, 0) is 47.5 Å². The number of hydrogen-bond acceptors (Lipinski definition) is 3. The summed E-state index contributed by atoms with van der Waals surface area (Å²) < 4.78 is 5.38. The normalized spacial score (nSPS) is 15.8. The van der Waals surface area contributed by atoms with Crippen LogP contribution in [-0.4, -0.2) is 35.1 Å². The highest BCUT2D eigenvalue weighted by molar-refractivity contribution is 5.72. The molecule has 0 fully saturated rings. The minimum absolute atomic E-state index is 0.127. The van der Waals surface area contributed by atoms with Gasteiger partial charge in [-0.25, -0.2) is 0 Å². The zero-order chi connectivity index (χ0) is 13.6. The lowest BCUT2D eigenvalue weighted by molar-refractivity contribution is -0.157. The summed E-state index contributed by atoms with van der Waals surface area (Å²) in [6.45, 7) is 14.7. The second-order valence-corrected chi connectivity index (χ2v) is 5.77. The Morgan fingerprint density at radius 1 is 1.12 bits per heavy atom. The summed E-state index contributed by atoms with van der Waals surface area (Å²) in [5.41, 5.74) is -0.395. The molecule has 0 aliphatic carbocycles. The standard InChI is InChI=1S/C14H29NO2/c1-8-11(3)15(12(4)9-2)10-13(16)17-14(5,6)7/h11-12H,8-10H2,1-7H3. The van der Waals surface area contributed by atoms with Gasteiger partial charge in [-0.1, -0.05) is 13.8 Å². The van der Waals surface area contributed by atoms with E-state index in [0.717, 1.165) is 12.8 Å². The molecular weight excluding hydrogens is 214 g/mol. The fourth-order valence-electron chi connectivity index (χ4n) is 1.74. The molecule has 0 N–H and O–H groups in total. The maximum atomic E-state index is 11.8. The second-order valence-electron chi connectivity index (χ2n) is 5.77. The molecule has 0 aromatic rings. The zero-order valence-corrected chi connectivity index (χ0v) is 12.5. The molecule has 0 spiro atoms. The van der Waals surface area contributed by atoms with E-state index in [0.29, 0.717) is 18.6 Å². The molecule has 2 unspecified atom stereocenters. The average molecular weight is 243 g/mol. The fourth-order valence-corrected chi connectivity index (χ4v) is 1.74. The Bertz CT molecular complexity index is 223. The molecule has 0 heterocycles. The summed E-state index contributed by atoms with van der Waals surface area (Å²) >= 11 is 0. The molecule has 0 saturated heterocycles. The summed E-state index contributed by atoms with van der Waals surface area (Å²) in [5, 5.41) is 0. The Balaban J connectivity index is 4.48. The van der Waals surface area contributed by atoms with Crippen molar-refractivity contribution in [3.05, 3.63) is 0 Å². The third kappa shape index (κ3) is 6.67. The number of carbonyl (C=O) groups excluding carboxylic acids is 1. The predicted molar refractivity (Wildman–Crippen MR) is 72.1 cm³/mol. The molecule has 2 atom stereocenters. The van der Waals surface area contributed by atoms with Crippen LogP contribution in [-0.2, 0) is 9.53 Å². The van der Waals surface area contributed by atoms with Crippen molar-refractivity contribution in [1.82, 2.24) is 4.90 Å². The number of rotatable bonds is 6. The highest BCUT2D eigenvalue weighted by Crippen LogP contribution is 2.13. The minimum Gasteiger partial charge on any atom is -0.459 e. The molecule has 3 nitrogen and oxygen atoms in total. The molecule has 17 heavy (non-hydrogen) atoms. The van der Waals surface area contributed by atoms with Crippen LogP contribution in [0.25, 0.3) is 0 Å². The van der Waals surface area contributed by atoms with E-state index in [-0.39, 0.29) is 5.97 Å². The van der Waals surface area contributed by atoms with Crippen molar-refractivity contribution in [3.8, 4) is 0 Å². The van der Waals surface area contributed by atoms with E-state index in [1.54, 1.807) is 0 Å². The van der Waals surface area contributed by atoms with Gasteiger partial charge in [-0.2, -0.15) is 0 Å². The largest absolute Gasteiger partial charge is 0.459 e. The van der Waals surface area contributed by atoms with Gasteiger partial charge < -0.3 is 4.74 Å². The van der Waals surface area contributed by atoms with E-state index in [1.807, 2.05) is 20.8 Å². The van der Waals surface area contributed by atoms with Crippen LogP contribution in [0, 0.1) is 0 Å². The van der Waals surface area contributed by atoms with Crippen molar-refractivity contribution in [2.45, 2.75) is 79.0 Å². The van der Waals surface area contributed by atoms with Crippen LogP contribution in [0.1, 0.15) is 61.3 Å². The van der Waals surface area contributed by atoms with E-state index in [4.69, 9.17) is 4.74 Å². The van der Waals surface area contributed by atoms with Gasteiger partial charge in [0.2, 0.25) is 0 Å². The third-order valence-corrected chi connectivity index (χ3v) is 3.05. The summed E-state index contributed by atoms with van der Waals surface area (Å²) in [6, 6.07) is 0.829. The van der Waals surface area contributed by atoms with Crippen LogP contribution in [0.2, 0.25) is 0 Å². The molecule has 0 aromatic heterocycles. The van der Waals surface area contributed by atoms with Crippen LogP contribution in [0.3, 0.4) is 0 Å². The summed E-state index contributed by atoms with van der Waals surface area (Å²) in [4.78, 5) is 14.1. The first kappa shape index (κ1) is 16.4. The number of nitrogens with zero attached hydrogens (tertiary/aromatic N) is 1. The first-order valence-electron chi connectivity index (χ1n) is 6.68. The Hall–Kier alpha value is -0.570. The Labute approximate surface area is 107 Å². The Morgan fingerprint density at radius 2 is 1.53 bits per heavy atom. The van der Waals surface area contributed by atoms with Gasteiger partial charge in [0.1, 0.15) is 5.60 Å². The van der Waals surface area contributed by atoms with E-state index in [1.165, 1.54) is 0 Å². The molecule has 0 aromatic carbocycles. The molecule has 0 bridgehead atoms. The lowest BCUT2D eigenvalue weighted by atomic mass is 10.1. The van der Waals surface area contributed by atoms with Crippen LogP contribution in [0.4, 0.5) is 0 Å². The van der Waals surface area contributed by atoms with Crippen molar-refractivity contribution in [3.63, 3.8) is 0 Å². The lowest BCUT2D eigenvalue weighted by Crippen LogP contribution is -2.44. The molecule has 0 rings (SSSR count). The maximum absolute atomic E-state index is 11.8. The molecule has 0 aliphatic heterocycles. The van der Waals surface area contributed by atoms with Gasteiger partial charge in [0.05, 0.1) is 6.54 Å². The first-order chi connectivity index (χ1) is 7.71. The van der Waals surface area contributed by atoms with Gasteiger partial charge in [0, 0.05) is 12.1 Å². The molecule has 0 radical (unpaired) electrons. The van der Waals surface area contributed by atoms with Gasteiger partial charge in [0.25, 0.3) is 0 Å². The number of ether oxygens (including phenoxy) is 1. The smallest absolute Gasteiger partial charge is 0.320 e. The van der Waals surface area contributed by atoms with Crippen molar-refractivity contribution < 1.29 is 9.53 Å². The molecular formula is C14H29NO2. The van der Waals surface area contributed by atoms with Crippen LogP contribution in [0.5, 0.6) is 0 Å². The van der Waals surface area contributed by atoms with E-state index >= 15 is 0 Å². The SMILES string of the molecule is CCC(C)N(CC(=O)OC(C)(C)C)C(C)CC. The fraction of sp³-hybridized carbons (Fsp3) is 0.929.